The van der Waals surface area contributed by atoms with Gasteiger partial charge in [0.25, 0.3) is 0 Å². The molecule has 0 aliphatic heterocycles. The molecule has 0 heterocycles. The molecule has 0 bridgehead atoms. The molecule has 1 rings (SSSR count). The highest BCUT2D eigenvalue weighted by Crippen LogP contribution is 2.32. The van der Waals surface area contributed by atoms with E-state index in [2.05, 4.69) is 25.4 Å². The minimum Gasteiger partial charge on any atom is -0.468 e. The van der Waals surface area contributed by atoms with Crippen LogP contribution in [0.1, 0.15) is 11.6 Å². The lowest BCUT2D eigenvalue weighted by Gasteiger charge is -2.14. The number of nitrogens with two attached hydrogens (primary N) is 1. The van der Waals surface area contributed by atoms with Crippen LogP contribution in [0, 0.1) is 0 Å². The van der Waals surface area contributed by atoms with Crippen molar-refractivity contribution in [2.75, 3.05) is 7.11 Å². The smallest absolute Gasteiger partial charge is 0.468 e. The zero-order chi connectivity index (χ0) is 13.9. The number of alkyl halides is 3. The summed E-state index contributed by atoms with van der Waals surface area (Å²) in [4.78, 5) is 11.2. The van der Waals surface area contributed by atoms with Crippen LogP contribution in [0.25, 0.3) is 0 Å². The second kappa shape index (κ2) is 5.57. The molecule has 1 unspecified atom stereocenters. The molecule has 0 amide bonds. The fourth-order valence-electron chi connectivity index (χ4n) is 1.18. The summed E-state index contributed by atoms with van der Waals surface area (Å²) in [7, 11) is 1.13. The molecule has 1 aromatic carbocycles. The Morgan fingerprint density at radius 1 is 1.44 bits per heavy atom. The SMILES string of the molecule is COC(=O)C(N)c1ccc(Br)c(OC(F)(F)F)c1. The van der Waals surface area contributed by atoms with E-state index in [1.807, 2.05) is 0 Å². The van der Waals surface area contributed by atoms with Gasteiger partial charge in [-0.3, -0.25) is 4.79 Å². The van der Waals surface area contributed by atoms with Crippen LogP contribution in [0.15, 0.2) is 22.7 Å². The molecule has 4 nitrogen and oxygen atoms in total. The van der Waals surface area contributed by atoms with Crippen LogP contribution in [-0.2, 0) is 9.53 Å². The molecule has 0 spiro atoms. The number of esters is 1. The quantitative estimate of drug-likeness (QED) is 0.866. The Hall–Kier alpha value is -1.28. The molecule has 8 heteroatoms. The van der Waals surface area contributed by atoms with Crippen LogP contribution in [0.2, 0.25) is 0 Å². The molecule has 0 saturated heterocycles. The van der Waals surface area contributed by atoms with E-state index in [4.69, 9.17) is 5.73 Å². The monoisotopic (exact) mass is 327 g/mol. The standard InChI is InChI=1S/C10H9BrF3NO3/c1-17-9(16)8(15)5-2-3-6(11)7(4-5)18-10(12,13)14/h2-4,8H,15H2,1H3. The fraction of sp³-hybridized carbons (Fsp3) is 0.300. The minimum absolute atomic E-state index is 0.0978. The summed E-state index contributed by atoms with van der Waals surface area (Å²) >= 11 is 2.90. The summed E-state index contributed by atoms with van der Waals surface area (Å²) < 4.78 is 44.6. The number of halogens is 4. The Balaban J connectivity index is 3.04. The third-order valence-electron chi connectivity index (χ3n) is 2.00. The van der Waals surface area contributed by atoms with E-state index in [9.17, 15) is 18.0 Å². The number of ether oxygens (including phenoxy) is 2. The molecule has 0 fully saturated rings. The Morgan fingerprint density at radius 3 is 2.56 bits per heavy atom. The summed E-state index contributed by atoms with van der Waals surface area (Å²) in [6.07, 6.45) is -4.82. The van der Waals surface area contributed by atoms with E-state index in [1.165, 1.54) is 12.1 Å². The van der Waals surface area contributed by atoms with Crippen molar-refractivity contribution in [2.45, 2.75) is 12.4 Å². The molecule has 0 saturated carbocycles. The van der Waals surface area contributed by atoms with Crippen LogP contribution < -0.4 is 10.5 Å². The zero-order valence-electron chi connectivity index (χ0n) is 9.12. The zero-order valence-corrected chi connectivity index (χ0v) is 10.7. The Morgan fingerprint density at radius 2 is 2.06 bits per heavy atom. The predicted molar refractivity (Wildman–Crippen MR) is 59.8 cm³/mol. The van der Waals surface area contributed by atoms with Gasteiger partial charge >= 0.3 is 12.3 Å². The Bertz CT molecular complexity index is 450. The van der Waals surface area contributed by atoms with Crippen molar-refractivity contribution >= 4 is 21.9 Å². The summed E-state index contributed by atoms with van der Waals surface area (Å²) in [5.74, 6) is -1.23. The van der Waals surface area contributed by atoms with E-state index < -0.39 is 24.1 Å². The molecule has 1 aromatic rings. The number of carbonyl (C=O) groups is 1. The maximum Gasteiger partial charge on any atom is 0.573 e. The van der Waals surface area contributed by atoms with Gasteiger partial charge in [0.2, 0.25) is 0 Å². The van der Waals surface area contributed by atoms with Crippen molar-refractivity contribution in [3.8, 4) is 5.75 Å². The van der Waals surface area contributed by atoms with E-state index >= 15 is 0 Å². The average Bonchev–Trinajstić information content (AvgIpc) is 2.28. The summed E-state index contributed by atoms with van der Waals surface area (Å²) in [5.41, 5.74) is 5.66. The topological polar surface area (TPSA) is 61.5 Å². The van der Waals surface area contributed by atoms with Gasteiger partial charge in [-0.15, -0.1) is 13.2 Å². The van der Waals surface area contributed by atoms with Crippen molar-refractivity contribution in [3.05, 3.63) is 28.2 Å². The second-order valence-electron chi connectivity index (χ2n) is 3.24. The number of carbonyl (C=O) groups excluding carboxylic acids is 1. The lowest BCUT2D eigenvalue weighted by atomic mass is 10.1. The van der Waals surface area contributed by atoms with Crippen molar-refractivity contribution in [1.29, 1.82) is 0 Å². The van der Waals surface area contributed by atoms with Crippen molar-refractivity contribution in [2.24, 2.45) is 5.73 Å². The van der Waals surface area contributed by atoms with E-state index in [1.54, 1.807) is 0 Å². The molecule has 100 valence electrons. The van der Waals surface area contributed by atoms with Gasteiger partial charge in [0, 0.05) is 0 Å². The van der Waals surface area contributed by atoms with E-state index in [-0.39, 0.29) is 10.0 Å². The highest BCUT2D eigenvalue weighted by Gasteiger charge is 2.32. The van der Waals surface area contributed by atoms with Crippen LogP contribution in [-0.4, -0.2) is 19.4 Å². The molecule has 2 N–H and O–H groups in total. The van der Waals surface area contributed by atoms with Crippen LogP contribution >= 0.6 is 15.9 Å². The Kier molecular flexibility index (Phi) is 4.58. The van der Waals surface area contributed by atoms with Gasteiger partial charge in [-0.2, -0.15) is 0 Å². The van der Waals surface area contributed by atoms with Gasteiger partial charge in [0.05, 0.1) is 11.6 Å². The predicted octanol–water partition coefficient (Wildman–Crippen LogP) is 2.52. The van der Waals surface area contributed by atoms with Gasteiger partial charge in [0.1, 0.15) is 11.8 Å². The number of hydrogen-bond donors (Lipinski definition) is 1. The van der Waals surface area contributed by atoms with Gasteiger partial charge < -0.3 is 15.2 Å². The number of benzene rings is 1. The molecular weight excluding hydrogens is 319 g/mol. The molecule has 0 aliphatic carbocycles. The van der Waals surface area contributed by atoms with Crippen molar-refractivity contribution < 1.29 is 27.4 Å². The fourth-order valence-corrected chi connectivity index (χ4v) is 1.51. The number of methoxy groups -OCH3 is 1. The lowest BCUT2D eigenvalue weighted by molar-refractivity contribution is -0.274. The maximum absolute atomic E-state index is 12.1. The molecule has 0 aromatic heterocycles. The average molecular weight is 328 g/mol. The summed E-state index contributed by atoms with van der Waals surface area (Å²) in [5, 5.41) is 0. The maximum atomic E-state index is 12.1. The molecule has 0 aliphatic rings. The second-order valence-corrected chi connectivity index (χ2v) is 4.09. The number of rotatable bonds is 3. The van der Waals surface area contributed by atoms with Crippen LogP contribution in [0.3, 0.4) is 0 Å². The van der Waals surface area contributed by atoms with Crippen molar-refractivity contribution in [1.82, 2.24) is 0 Å². The Labute approximate surface area is 109 Å². The highest BCUT2D eigenvalue weighted by atomic mass is 79.9. The number of hydrogen-bond acceptors (Lipinski definition) is 4. The molecule has 18 heavy (non-hydrogen) atoms. The van der Waals surface area contributed by atoms with Gasteiger partial charge in [-0.25, -0.2) is 0 Å². The first kappa shape index (κ1) is 14.8. The minimum atomic E-state index is -4.82. The first-order chi connectivity index (χ1) is 8.24. The van der Waals surface area contributed by atoms with Gasteiger partial charge in [-0.05, 0) is 33.6 Å². The van der Waals surface area contributed by atoms with E-state index in [0.717, 1.165) is 13.2 Å². The van der Waals surface area contributed by atoms with E-state index in [0.29, 0.717) is 0 Å². The third-order valence-corrected chi connectivity index (χ3v) is 2.65. The third kappa shape index (κ3) is 3.88. The van der Waals surface area contributed by atoms with Crippen LogP contribution in [0.4, 0.5) is 13.2 Å². The summed E-state index contributed by atoms with van der Waals surface area (Å²) in [6.45, 7) is 0. The van der Waals surface area contributed by atoms with Crippen molar-refractivity contribution in [3.63, 3.8) is 0 Å². The first-order valence-corrected chi connectivity index (χ1v) is 5.42. The normalized spacial score (nSPS) is 13.0. The van der Waals surface area contributed by atoms with Gasteiger partial charge in [-0.1, -0.05) is 6.07 Å². The largest absolute Gasteiger partial charge is 0.573 e. The first-order valence-electron chi connectivity index (χ1n) is 4.63. The highest BCUT2D eigenvalue weighted by molar-refractivity contribution is 9.10. The van der Waals surface area contributed by atoms with Crippen LogP contribution in [0.5, 0.6) is 5.75 Å². The molecular formula is C10H9BrF3NO3. The summed E-state index contributed by atoms with van der Waals surface area (Å²) in [6, 6.07) is 2.56. The molecule has 1 atom stereocenters. The van der Waals surface area contributed by atoms with Gasteiger partial charge in [0.15, 0.2) is 0 Å². The molecule has 0 radical (unpaired) electrons. The lowest BCUT2D eigenvalue weighted by Crippen LogP contribution is -2.23.